The minimum absolute atomic E-state index is 0.123. The van der Waals surface area contributed by atoms with Crippen LogP contribution in [0.5, 0.6) is 5.75 Å². The molecule has 1 amide bonds. The van der Waals surface area contributed by atoms with E-state index in [2.05, 4.69) is 51.2 Å². The van der Waals surface area contributed by atoms with Crippen LogP contribution in [0.2, 0.25) is 0 Å². The van der Waals surface area contributed by atoms with Crippen LogP contribution in [-0.4, -0.2) is 35.5 Å². The van der Waals surface area contributed by atoms with E-state index in [1.165, 1.54) is 11.1 Å². The quantitative estimate of drug-likeness (QED) is 0.596. The molecule has 1 aromatic carbocycles. The van der Waals surface area contributed by atoms with Crippen molar-refractivity contribution in [3.63, 3.8) is 0 Å². The van der Waals surface area contributed by atoms with Crippen molar-refractivity contribution in [3.05, 3.63) is 82.3 Å². The minimum atomic E-state index is -0.135. The molecule has 3 rings (SSSR count). The van der Waals surface area contributed by atoms with E-state index >= 15 is 0 Å². The Labute approximate surface area is 170 Å². The number of hydrogen-bond acceptors (Lipinski definition) is 5. The Balaban J connectivity index is 1.48. The lowest BCUT2D eigenvalue weighted by molar-refractivity contribution is 0.0932. The maximum absolute atomic E-state index is 12.1. The van der Waals surface area contributed by atoms with E-state index in [1.807, 2.05) is 19.1 Å². The van der Waals surface area contributed by atoms with Gasteiger partial charge in [-0.1, -0.05) is 12.1 Å². The Morgan fingerprint density at radius 2 is 1.96 bits per heavy atom. The van der Waals surface area contributed by atoms with Gasteiger partial charge in [0.15, 0.2) is 0 Å². The van der Waals surface area contributed by atoms with E-state index in [4.69, 9.17) is 4.74 Å². The van der Waals surface area contributed by atoms with Crippen molar-refractivity contribution in [2.24, 2.45) is 0 Å². The van der Waals surface area contributed by atoms with E-state index in [9.17, 15) is 4.79 Å². The van der Waals surface area contributed by atoms with Gasteiger partial charge < -0.3 is 10.1 Å². The smallest absolute Gasteiger partial charge is 0.251 e. The molecule has 2 aromatic heterocycles. The Morgan fingerprint density at radius 3 is 2.71 bits per heavy atom. The lowest BCUT2D eigenvalue weighted by atomic mass is 10.2. The van der Waals surface area contributed by atoms with Gasteiger partial charge in [-0.3, -0.25) is 14.7 Å². The van der Waals surface area contributed by atoms with Gasteiger partial charge in [0.2, 0.25) is 0 Å². The highest BCUT2D eigenvalue weighted by Crippen LogP contribution is 2.17. The largest absolute Gasteiger partial charge is 0.489 e. The fourth-order valence-corrected chi connectivity index (χ4v) is 3.55. The van der Waals surface area contributed by atoms with Crippen LogP contribution in [0.15, 0.2) is 65.6 Å². The maximum Gasteiger partial charge on any atom is 0.251 e. The Morgan fingerprint density at radius 1 is 1.18 bits per heavy atom. The number of benzene rings is 1. The summed E-state index contributed by atoms with van der Waals surface area (Å²) in [6, 6.07) is 13.7. The number of carbonyl (C=O) groups excluding carboxylic acids is 1. The number of aromatic nitrogens is 1. The fourth-order valence-electron chi connectivity index (χ4n) is 2.89. The summed E-state index contributed by atoms with van der Waals surface area (Å²) in [6.45, 7) is 4.15. The van der Waals surface area contributed by atoms with E-state index in [0.29, 0.717) is 12.1 Å². The third-order valence-electron chi connectivity index (χ3n) is 4.21. The van der Waals surface area contributed by atoms with E-state index in [0.717, 1.165) is 18.8 Å². The predicted octanol–water partition coefficient (Wildman–Crippen LogP) is 3.97. The Bertz CT molecular complexity index is 869. The third-order valence-corrected chi connectivity index (χ3v) is 4.95. The van der Waals surface area contributed by atoms with Crippen LogP contribution < -0.4 is 10.1 Å². The SMILES string of the molecule is CC(CNC(=O)c1ccncc1)Oc1cccc(CN(C)Cc2ccsc2)c1. The van der Waals surface area contributed by atoms with Gasteiger partial charge in [0.1, 0.15) is 11.9 Å². The van der Waals surface area contributed by atoms with Crippen LogP contribution in [0.4, 0.5) is 0 Å². The van der Waals surface area contributed by atoms with Crippen molar-refractivity contribution >= 4 is 17.2 Å². The normalized spacial score (nSPS) is 12.0. The molecule has 0 fully saturated rings. The molecule has 1 unspecified atom stereocenters. The lowest BCUT2D eigenvalue weighted by Crippen LogP contribution is -2.33. The van der Waals surface area contributed by atoms with Crippen LogP contribution in [0, 0.1) is 0 Å². The molecule has 0 spiro atoms. The molecule has 0 aliphatic rings. The molecule has 0 bridgehead atoms. The average molecular weight is 396 g/mol. The fraction of sp³-hybridized carbons (Fsp3) is 0.273. The van der Waals surface area contributed by atoms with Crippen molar-refractivity contribution in [2.75, 3.05) is 13.6 Å². The number of rotatable bonds is 9. The summed E-state index contributed by atoms with van der Waals surface area (Å²) in [5.74, 6) is 0.689. The van der Waals surface area contributed by atoms with Gasteiger partial charge in [-0.2, -0.15) is 11.3 Å². The molecule has 6 heteroatoms. The Hall–Kier alpha value is -2.70. The maximum atomic E-state index is 12.1. The lowest BCUT2D eigenvalue weighted by Gasteiger charge is -2.18. The van der Waals surface area contributed by atoms with Crippen molar-refractivity contribution in [3.8, 4) is 5.75 Å². The zero-order valence-corrected chi connectivity index (χ0v) is 17.0. The highest BCUT2D eigenvalue weighted by atomic mass is 32.1. The second kappa shape index (κ2) is 10.0. The number of pyridine rings is 1. The van der Waals surface area contributed by atoms with Crippen LogP contribution in [-0.2, 0) is 13.1 Å². The summed E-state index contributed by atoms with van der Waals surface area (Å²) >= 11 is 1.72. The zero-order valence-electron chi connectivity index (χ0n) is 16.2. The van der Waals surface area contributed by atoms with E-state index < -0.39 is 0 Å². The summed E-state index contributed by atoms with van der Waals surface area (Å²) in [5.41, 5.74) is 3.12. The molecule has 0 aliphatic heterocycles. The molecule has 0 radical (unpaired) electrons. The van der Waals surface area contributed by atoms with Gasteiger partial charge in [-0.15, -0.1) is 0 Å². The van der Waals surface area contributed by atoms with Gasteiger partial charge in [-0.25, -0.2) is 0 Å². The zero-order chi connectivity index (χ0) is 19.8. The van der Waals surface area contributed by atoms with Crippen LogP contribution in [0.3, 0.4) is 0 Å². The molecule has 0 aliphatic carbocycles. The number of nitrogens with zero attached hydrogens (tertiary/aromatic N) is 2. The molecule has 2 heterocycles. The molecule has 5 nitrogen and oxygen atoms in total. The minimum Gasteiger partial charge on any atom is -0.489 e. The number of carbonyl (C=O) groups is 1. The van der Waals surface area contributed by atoms with Gasteiger partial charge >= 0.3 is 0 Å². The second-order valence-electron chi connectivity index (χ2n) is 6.83. The van der Waals surface area contributed by atoms with Gasteiger partial charge in [0, 0.05) is 31.0 Å². The van der Waals surface area contributed by atoms with Gasteiger partial charge in [0.25, 0.3) is 5.91 Å². The molecule has 0 saturated carbocycles. The molecular weight excluding hydrogens is 370 g/mol. The summed E-state index contributed by atoms with van der Waals surface area (Å²) in [6.07, 6.45) is 3.08. The number of thiophene rings is 1. The van der Waals surface area contributed by atoms with Crippen LogP contribution in [0.1, 0.15) is 28.4 Å². The number of ether oxygens (including phenoxy) is 1. The summed E-state index contributed by atoms with van der Waals surface area (Å²) in [5, 5.41) is 7.17. The highest BCUT2D eigenvalue weighted by molar-refractivity contribution is 7.07. The van der Waals surface area contributed by atoms with Crippen LogP contribution >= 0.6 is 11.3 Å². The molecule has 1 atom stereocenters. The first-order valence-electron chi connectivity index (χ1n) is 9.23. The standard InChI is InChI=1S/C22H25N3O2S/c1-17(13-24-22(26)20-6-9-23-10-7-20)27-21-5-3-4-18(12-21)14-25(2)15-19-8-11-28-16-19/h3-12,16-17H,13-15H2,1-2H3,(H,24,26). The monoisotopic (exact) mass is 395 g/mol. The summed E-state index contributed by atoms with van der Waals surface area (Å²) in [4.78, 5) is 18.3. The Kier molecular flexibility index (Phi) is 7.17. The topological polar surface area (TPSA) is 54.5 Å². The van der Waals surface area contributed by atoms with Crippen molar-refractivity contribution in [1.82, 2.24) is 15.2 Å². The van der Waals surface area contributed by atoms with Gasteiger partial charge in [-0.05, 0) is 66.2 Å². The summed E-state index contributed by atoms with van der Waals surface area (Å²) in [7, 11) is 2.11. The van der Waals surface area contributed by atoms with Crippen molar-refractivity contribution in [1.29, 1.82) is 0 Å². The molecule has 3 aromatic rings. The van der Waals surface area contributed by atoms with Crippen molar-refractivity contribution in [2.45, 2.75) is 26.1 Å². The molecular formula is C22H25N3O2S. The van der Waals surface area contributed by atoms with E-state index in [1.54, 1.807) is 35.9 Å². The molecule has 0 saturated heterocycles. The first-order valence-corrected chi connectivity index (χ1v) is 10.2. The third kappa shape index (κ3) is 6.18. The predicted molar refractivity (Wildman–Crippen MR) is 113 cm³/mol. The molecule has 1 N–H and O–H groups in total. The van der Waals surface area contributed by atoms with Crippen molar-refractivity contribution < 1.29 is 9.53 Å². The first-order chi connectivity index (χ1) is 13.6. The van der Waals surface area contributed by atoms with E-state index in [-0.39, 0.29) is 12.0 Å². The molecule has 146 valence electrons. The van der Waals surface area contributed by atoms with Gasteiger partial charge in [0.05, 0.1) is 6.54 Å². The first kappa shape index (κ1) is 20.0. The average Bonchev–Trinajstić information content (AvgIpc) is 3.20. The summed E-state index contributed by atoms with van der Waals surface area (Å²) < 4.78 is 5.98. The molecule has 28 heavy (non-hydrogen) atoms. The number of amides is 1. The number of hydrogen-bond donors (Lipinski definition) is 1. The highest BCUT2D eigenvalue weighted by Gasteiger charge is 2.10. The number of nitrogens with one attached hydrogen (secondary N) is 1. The second-order valence-corrected chi connectivity index (χ2v) is 7.61. The van der Waals surface area contributed by atoms with Crippen LogP contribution in [0.25, 0.3) is 0 Å².